The molecule has 0 heterocycles. The van der Waals surface area contributed by atoms with Crippen LogP contribution in [0, 0.1) is 0 Å². The van der Waals surface area contributed by atoms with Crippen LogP contribution in [-0.2, 0) is 4.57 Å². The van der Waals surface area contributed by atoms with E-state index in [1.54, 1.807) is 6.07 Å². The van der Waals surface area contributed by atoms with Crippen molar-refractivity contribution in [2.24, 2.45) is 0 Å². The molecule has 1 aromatic rings. The van der Waals surface area contributed by atoms with Crippen molar-refractivity contribution in [3.8, 4) is 11.5 Å². The lowest BCUT2D eigenvalue weighted by Gasteiger charge is -1.89. The predicted molar refractivity (Wildman–Crippen MR) is 54.9 cm³/mol. The average Bonchev–Trinajstić information content (AvgIpc) is 1.81. The Labute approximate surface area is 89.6 Å². The zero-order chi connectivity index (χ0) is 10.5. The molecule has 0 spiro atoms. The first-order valence-corrected chi connectivity index (χ1v) is 7.38. The average molecular weight is 263 g/mol. The fourth-order valence-electron chi connectivity index (χ4n) is 0.493. The Kier molecular flexibility index (Phi) is 5.57. The predicted octanol–water partition coefficient (Wildman–Crippen LogP) is 3.91. The topological polar surface area (TPSA) is 57.5 Å². The van der Waals surface area contributed by atoms with Gasteiger partial charge in [0.1, 0.15) is 11.5 Å². The van der Waals surface area contributed by atoms with E-state index >= 15 is 0 Å². The van der Waals surface area contributed by atoms with Crippen LogP contribution in [0.4, 0.5) is 0 Å². The molecule has 0 amide bonds. The number of aromatic hydroxyl groups is 2. The first-order chi connectivity index (χ1) is 5.79. The highest BCUT2D eigenvalue weighted by atomic mass is 36.0. The second-order valence-electron chi connectivity index (χ2n) is 1.92. The lowest BCUT2D eigenvalue weighted by Crippen LogP contribution is -1.61. The Morgan fingerprint density at radius 2 is 1.38 bits per heavy atom. The molecule has 1 rings (SSSR count). The highest BCUT2D eigenvalue weighted by Crippen LogP contribution is 2.61. The molecule has 1 aromatic carbocycles. The number of hydrogen-bond acceptors (Lipinski definition) is 3. The monoisotopic (exact) mass is 262 g/mol. The molecule has 0 fully saturated rings. The molecule has 13 heavy (non-hydrogen) atoms. The lowest BCUT2D eigenvalue weighted by molar-refractivity contribution is 0.450. The maximum atomic E-state index is 9.51. The summed E-state index contributed by atoms with van der Waals surface area (Å²) >= 11 is 13.8. The van der Waals surface area contributed by atoms with Crippen molar-refractivity contribution >= 4 is 38.9 Å². The van der Waals surface area contributed by atoms with Crippen LogP contribution in [0.2, 0.25) is 0 Å². The minimum absolute atomic E-state index is 0.0880. The van der Waals surface area contributed by atoms with Gasteiger partial charge in [-0.15, -0.1) is 0 Å². The molecule has 74 valence electrons. The van der Waals surface area contributed by atoms with Gasteiger partial charge in [0.05, 0.1) is 0 Å². The molecule has 2 N–H and O–H groups in total. The highest BCUT2D eigenvalue weighted by molar-refractivity contribution is 8.24. The number of phenols is 2. The summed E-state index contributed by atoms with van der Waals surface area (Å²) in [6, 6.07) is 5.85. The van der Waals surface area contributed by atoms with E-state index in [9.17, 15) is 4.57 Å². The van der Waals surface area contributed by atoms with Crippen molar-refractivity contribution in [2.75, 3.05) is 0 Å². The van der Waals surface area contributed by atoms with Crippen LogP contribution in [0.15, 0.2) is 24.3 Å². The van der Waals surface area contributed by atoms with E-state index in [1.807, 2.05) is 0 Å². The highest BCUT2D eigenvalue weighted by Gasteiger charge is 2.02. The molecule has 0 saturated heterocycles. The molecular formula is C6H6Cl3O3P. The van der Waals surface area contributed by atoms with Gasteiger partial charge in [0.2, 0.25) is 0 Å². The summed E-state index contributed by atoms with van der Waals surface area (Å²) in [5.74, 6) is 0.176. The van der Waals surface area contributed by atoms with E-state index in [2.05, 4.69) is 33.7 Å². The summed E-state index contributed by atoms with van der Waals surface area (Å²) in [6.07, 6.45) is 0. The summed E-state index contributed by atoms with van der Waals surface area (Å²) in [5, 5.41) is 14.1. The third-order valence-electron chi connectivity index (χ3n) is 0.830. The van der Waals surface area contributed by atoms with Gasteiger partial charge in [0.15, 0.2) is 0 Å². The van der Waals surface area contributed by atoms with Gasteiger partial charge in [0.25, 0.3) is 0 Å². The van der Waals surface area contributed by atoms with Gasteiger partial charge in [0, 0.05) is 6.07 Å². The second-order valence-corrected chi connectivity index (χ2v) is 8.56. The maximum absolute atomic E-state index is 9.51. The van der Waals surface area contributed by atoms with E-state index in [0.29, 0.717) is 0 Å². The summed E-state index contributed by atoms with van der Waals surface area (Å²) in [7, 11) is 0. The SMILES string of the molecule is O=P(Cl)(Cl)Cl.Oc1cccc(O)c1. The number of hydrogen-bond donors (Lipinski definition) is 2. The second kappa shape index (κ2) is 5.61. The van der Waals surface area contributed by atoms with Crippen molar-refractivity contribution < 1.29 is 14.8 Å². The van der Waals surface area contributed by atoms with Crippen LogP contribution in [-0.4, -0.2) is 10.2 Å². The van der Waals surface area contributed by atoms with Crippen LogP contribution in [0.3, 0.4) is 0 Å². The largest absolute Gasteiger partial charge is 0.508 e. The third-order valence-corrected chi connectivity index (χ3v) is 0.830. The molecule has 0 aliphatic carbocycles. The van der Waals surface area contributed by atoms with Gasteiger partial charge in [-0.2, -0.15) is 0 Å². The fraction of sp³-hybridized carbons (Fsp3) is 0. The molecule has 0 saturated carbocycles. The zero-order valence-electron chi connectivity index (χ0n) is 6.19. The summed E-state index contributed by atoms with van der Waals surface area (Å²) < 4.78 is 9.51. The van der Waals surface area contributed by atoms with Crippen molar-refractivity contribution in [1.29, 1.82) is 0 Å². The van der Waals surface area contributed by atoms with Crippen LogP contribution >= 0.6 is 38.9 Å². The molecule has 0 aromatic heterocycles. The quantitative estimate of drug-likeness (QED) is 0.698. The molecule has 0 atom stereocenters. The molecule has 0 aliphatic heterocycles. The van der Waals surface area contributed by atoms with E-state index < -0.39 is 5.20 Å². The number of halogens is 3. The molecular weight excluding hydrogens is 257 g/mol. The lowest BCUT2D eigenvalue weighted by atomic mass is 10.3. The zero-order valence-corrected chi connectivity index (χ0v) is 9.36. The van der Waals surface area contributed by atoms with E-state index in [1.165, 1.54) is 18.2 Å². The van der Waals surface area contributed by atoms with Gasteiger partial charge >= 0.3 is 5.20 Å². The summed E-state index contributed by atoms with van der Waals surface area (Å²) in [4.78, 5) is 0. The molecule has 3 nitrogen and oxygen atoms in total. The smallest absolute Gasteiger partial charge is 0.339 e. The van der Waals surface area contributed by atoms with Gasteiger partial charge in [-0.05, 0) is 45.9 Å². The van der Waals surface area contributed by atoms with Gasteiger partial charge in [-0.1, -0.05) is 6.07 Å². The van der Waals surface area contributed by atoms with Crippen molar-refractivity contribution in [3.63, 3.8) is 0 Å². The Balaban J connectivity index is 0.000000252. The van der Waals surface area contributed by atoms with Crippen molar-refractivity contribution in [1.82, 2.24) is 0 Å². The van der Waals surface area contributed by atoms with Crippen LogP contribution in [0.5, 0.6) is 11.5 Å². The first kappa shape index (κ1) is 12.9. The Morgan fingerprint density at radius 1 is 1.08 bits per heavy atom. The molecule has 0 aliphatic rings. The minimum Gasteiger partial charge on any atom is -0.508 e. The van der Waals surface area contributed by atoms with Gasteiger partial charge in [-0.25, -0.2) is 0 Å². The van der Waals surface area contributed by atoms with Crippen LogP contribution in [0.25, 0.3) is 0 Å². The molecule has 0 radical (unpaired) electrons. The van der Waals surface area contributed by atoms with E-state index in [-0.39, 0.29) is 11.5 Å². The molecule has 7 heteroatoms. The Hall–Kier alpha value is -0.0800. The Bertz CT molecular complexity index is 286. The normalized spacial score (nSPS) is 10.1. The first-order valence-electron chi connectivity index (χ1n) is 2.96. The Morgan fingerprint density at radius 3 is 1.54 bits per heavy atom. The number of phenolic OH excluding ortho intramolecular Hbond substituents is 2. The van der Waals surface area contributed by atoms with Gasteiger partial charge < -0.3 is 10.2 Å². The molecule has 0 bridgehead atoms. The van der Waals surface area contributed by atoms with Crippen LogP contribution < -0.4 is 0 Å². The van der Waals surface area contributed by atoms with Crippen LogP contribution in [0.1, 0.15) is 0 Å². The van der Waals surface area contributed by atoms with Gasteiger partial charge in [-0.3, -0.25) is 4.57 Å². The molecule has 0 unspecified atom stereocenters. The maximum Gasteiger partial charge on any atom is 0.339 e. The minimum atomic E-state index is -3.22. The fourth-order valence-corrected chi connectivity index (χ4v) is 0.493. The number of rotatable bonds is 0. The third kappa shape index (κ3) is 11.9. The standard InChI is InChI=1S/C6H6O2.Cl3OP/c7-5-2-1-3-6(8)4-5;1-5(2,3)4/h1-4,7-8H;. The van der Waals surface area contributed by atoms with E-state index in [4.69, 9.17) is 10.2 Å². The number of benzene rings is 1. The van der Waals surface area contributed by atoms with Crippen molar-refractivity contribution in [3.05, 3.63) is 24.3 Å². The van der Waals surface area contributed by atoms with Crippen molar-refractivity contribution in [2.45, 2.75) is 0 Å². The summed E-state index contributed by atoms with van der Waals surface area (Å²) in [6.45, 7) is 0. The van der Waals surface area contributed by atoms with E-state index in [0.717, 1.165) is 0 Å². The summed E-state index contributed by atoms with van der Waals surface area (Å²) in [5.41, 5.74) is 0.